The molecule has 1 N–H and O–H groups in total. The number of nitrogens with one attached hydrogen (secondary N) is 1. The number of carboxylic acid groups (broad SMARTS) is 1. The number of rotatable bonds is 0. The van der Waals surface area contributed by atoms with Gasteiger partial charge < -0.3 is 24.9 Å². The topological polar surface area (TPSA) is 64.6 Å². The number of carbonyl (C=O) groups is 1. The first kappa shape index (κ1) is 13.6. The van der Waals surface area contributed by atoms with E-state index in [1.165, 1.54) is 4.90 Å². The molecule has 2 fully saturated rings. The van der Waals surface area contributed by atoms with E-state index in [1.807, 2.05) is 0 Å². The van der Waals surface area contributed by atoms with Crippen molar-refractivity contribution in [2.24, 2.45) is 11.3 Å². The molecule has 1 amide bonds. The molecule has 0 spiro atoms. The Morgan fingerprint density at radius 3 is 2.72 bits per heavy atom. The monoisotopic (exact) mass is 255 g/mol. The fourth-order valence-electron chi connectivity index (χ4n) is 2.69. The molecular formula is C13H23N2O3-. The number of likely N-dealkylation sites (tertiary alicyclic amines) is 1. The summed E-state index contributed by atoms with van der Waals surface area (Å²) in [6.45, 7) is 9.22. The van der Waals surface area contributed by atoms with Crippen LogP contribution in [0.3, 0.4) is 0 Å². The first-order chi connectivity index (χ1) is 8.38. The minimum atomic E-state index is -1.08. The maximum Gasteiger partial charge on any atom is 0.137 e. The molecule has 0 bridgehead atoms. The summed E-state index contributed by atoms with van der Waals surface area (Å²) in [6.07, 6.45) is -0.116. The zero-order chi connectivity index (χ0) is 13.3. The molecular weight excluding hydrogens is 232 g/mol. The van der Waals surface area contributed by atoms with E-state index >= 15 is 0 Å². The number of nitrogens with zero attached hydrogens (tertiary/aromatic N) is 1. The van der Waals surface area contributed by atoms with Crippen LogP contribution in [0.25, 0.3) is 0 Å². The maximum atomic E-state index is 10.9. The molecule has 0 aromatic rings. The zero-order valence-corrected chi connectivity index (χ0v) is 11.4. The molecule has 104 valence electrons. The van der Waals surface area contributed by atoms with Crippen LogP contribution >= 0.6 is 0 Å². The number of piperidine rings is 1. The summed E-state index contributed by atoms with van der Waals surface area (Å²) >= 11 is 0. The number of amides is 1. The summed E-state index contributed by atoms with van der Waals surface area (Å²) in [5.74, 6) is 0.410. The Morgan fingerprint density at radius 1 is 1.39 bits per heavy atom. The molecule has 2 heterocycles. The van der Waals surface area contributed by atoms with E-state index in [4.69, 9.17) is 4.74 Å². The third-order valence-corrected chi connectivity index (χ3v) is 4.00. The molecule has 2 aliphatic rings. The molecule has 5 heteroatoms. The standard InChI is InChI=1S/C13H24N2O3/c1-13(2,3)11-7-14-6-9-4-5-15(12(16)17)8-10(9)18-11/h9-11,14H,4-8H2,1-3H3,(H,16,17)/p-1/t9-,10-,11?/m0/s1. The molecule has 2 aliphatic heterocycles. The van der Waals surface area contributed by atoms with Gasteiger partial charge in [-0.25, -0.2) is 0 Å². The lowest BCUT2D eigenvalue weighted by atomic mass is 9.88. The third kappa shape index (κ3) is 2.95. The van der Waals surface area contributed by atoms with Crippen molar-refractivity contribution < 1.29 is 14.6 Å². The summed E-state index contributed by atoms with van der Waals surface area (Å²) in [4.78, 5) is 12.3. The summed E-state index contributed by atoms with van der Waals surface area (Å²) in [5, 5.41) is 14.4. The molecule has 0 radical (unpaired) electrons. The van der Waals surface area contributed by atoms with Crippen LogP contribution in [0.2, 0.25) is 0 Å². The second kappa shape index (κ2) is 5.05. The van der Waals surface area contributed by atoms with Crippen molar-refractivity contribution in [2.45, 2.75) is 39.4 Å². The summed E-state index contributed by atoms with van der Waals surface area (Å²) in [7, 11) is 0. The SMILES string of the molecule is CC(C)(C)C1CNC[C@@H]2CCN(C(=O)[O-])C[C@@H]2O1. The van der Waals surface area contributed by atoms with Crippen LogP contribution in [0, 0.1) is 11.3 Å². The van der Waals surface area contributed by atoms with Crippen molar-refractivity contribution in [3.8, 4) is 0 Å². The molecule has 3 atom stereocenters. The van der Waals surface area contributed by atoms with Gasteiger partial charge in [0.25, 0.3) is 0 Å². The molecule has 0 aromatic carbocycles. The summed E-state index contributed by atoms with van der Waals surface area (Å²) < 4.78 is 6.16. The molecule has 18 heavy (non-hydrogen) atoms. The molecule has 5 nitrogen and oxygen atoms in total. The largest absolute Gasteiger partial charge is 0.530 e. The number of hydrogen-bond donors (Lipinski definition) is 1. The van der Waals surface area contributed by atoms with E-state index in [-0.39, 0.29) is 17.6 Å². The Bertz CT molecular complexity index is 314. The van der Waals surface area contributed by atoms with E-state index < -0.39 is 6.09 Å². The van der Waals surface area contributed by atoms with E-state index in [0.717, 1.165) is 19.5 Å². The Balaban J connectivity index is 2.05. The van der Waals surface area contributed by atoms with Crippen LogP contribution in [0.4, 0.5) is 4.79 Å². The first-order valence-electron chi connectivity index (χ1n) is 6.70. The third-order valence-electron chi connectivity index (χ3n) is 4.00. The number of carbonyl (C=O) groups excluding carboxylic acids is 1. The normalized spacial score (nSPS) is 33.7. The van der Waals surface area contributed by atoms with Crippen molar-refractivity contribution >= 4 is 6.09 Å². The van der Waals surface area contributed by atoms with Gasteiger partial charge in [-0.15, -0.1) is 0 Å². The van der Waals surface area contributed by atoms with Crippen LogP contribution < -0.4 is 10.4 Å². The van der Waals surface area contributed by atoms with Crippen LogP contribution in [-0.4, -0.2) is 49.4 Å². The smallest absolute Gasteiger partial charge is 0.137 e. The Hall–Kier alpha value is -0.810. The molecule has 0 aliphatic carbocycles. The van der Waals surface area contributed by atoms with Crippen molar-refractivity contribution in [2.75, 3.05) is 26.2 Å². The van der Waals surface area contributed by atoms with Gasteiger partial charge in [-0.3, -0.25) is 0 Å². The van der Waals surface area contributed by atoms with Crippen LogP contribution in [0.15, 0.2) is 0 Å². The predicted molar refractivity (Wildman–Crippen MR) is 66.1 cm³/mol. The average molecular weight is 255 g/mol. The number of fused-ring (bicyclic) bond motifs is 1. The van der Waals surface area contributed by atoms with Gasteiger partial charge in [-0.2, -0.15) is 0 Å². The minimum absolute atomic E-state index is 0.00382. The highest BCUT2D eigenvalue weighted by Crippen LogP contribution is 2.29. The van der Waals surface area contributed by atoms with E-state index in [2.05, 4.69) is 26.1 Å². The highest BCUT2D eigenvalue weighted by Gasteiger charge is 2.37. The van der Waals surface area contributed by atoms with Crippen molar-refractivity contribution in [1.29, 1.82) is 0 Å². The first-order valence-corrected chi connectivity index (χ1v) is 6.70. The minimum Gasteiger partial charge on any atom is -0.530 e. The van der Waals surface area contributed by atoms with Gasteiger partial charge in [0.15, 0.2) is 0 Å². The van der Waals surface area contributed by atoms with Gasteiger partial charge >= 0.3 is 0 Å². The van der Waals surface area contributed by atoms with Gasteiger partial charge in [-0.1, -0.05) is 20.8 Å². The van der Waals surface area contributed by atoms with E-state index in [9.17, 15) is 9.90 Å². The predicted octanol–water partition coefficient (Wildman–Crippen LogP) is 0.0547. The van der Waals surface area contributed by atoms with Crippen molar-refractivity contribution in [1.82, 2.24) is 10.2 Å². The summed E-state index contributed by atoms with van der Waals surface area (Å²) in [5.41, 5.74) is 0.0612. The van der Waals surface area contributed by atoms with E-state index in [1.54, 1.807) is 0 Å². The highest BCUT2D eigenvalue weighted by atomic mass is 16.5. The van der Waals surface area contributed by atoms with Gasteiger partial charge in [0.2, 0.25) is 0 Å². The van der Waals surface area contributed by atoms with Crippen molar-refractivity contribution in [3.63, 3.8) is 0 Å². The van der Waals surface area contributed by atoms with Crippen LogP contribution in [0.1, 0.15) is 27.2 Å². The lowest BCUT2D eigenvalue weighted by molar-refractivity contribution is -0.269. The van der Waals surface area contributed by atoms with E-state index in [0.29, 0.717) is 19.0 Å². The second-order valence-electron chi connectivity index (χ2n) is 6.45. The lowest BCUT2D eigenvalue weighted by Crippen LogP contribution is -2.53. The van der Waals surface area contributed by atoms with Gasteiger partial charge in [-0.05, 0) is 11.8 Å². The van der Waals surface area contributed by atoms with Crippen molar-refractivity contribution in [3.05, 3.63) is 0 Å². The highest BCUT2D eigenvalue weighted by molar-refractivity contribution is 5.62. The Kier molecular flexibility index (Phi) is 3.82. The quantitative estimate of drug-likeness (QED) is 0.664. The molecule has 2 saturated heterocycles. The fraction of sp³-hybridized carbons (Fsp3) is 0.923. The van der Waals surface area contributed by atoms with Crippen LogP contribution in [0.5, 0.6) is 0 Å². The Labute approximate surface area is 108 Å². The van der Waals surface area contributed by atoms with Gasteiger partial charge in [0.05, 0.1) is 12.2 Å². The van der Waals surface area contributed by atoms with Gasteiger partial charge in [0.1, 0.15) is 6.09 Å². The second-order valence-corrected chi connectivity index (χ2v) is 6.45. The molecule has 1 unspecified atom stereocenters. The molecule has 0 aromatic heterocycles. The van der Waals surface area contributed by atoms with Crippen LogP contribution in [-0.2, 0) is 4.74 Å². The number of hydrogen-bond acceptors (Lipinski definition) is 4. The summed E-state index contributed by atoms with van der Waals surface area (Å²) in [6, 6.07) is 0. The number of ether oxygens (including phenoxy) is 1. The maximum absolute atomic E-state index is 10.9. The fourth-order valence-corrected chi connectivity index (χ4v) is 2.69. The van der Waals surface area contributed by atoms with Gasteiger partial charge in [0, 0.05) is 32.1 Å². The average Bonchev–Trinajstić information content (AvgIpc) is 2.48. The molecule has 2 rings (SSSR count). The zero-order valence-electron chi connectivity index (χ0n) is 11.4. The molecule has 0 saturated carbocycles. The Morgan fingerprint density at radius 2 is 2.11 bits per heavy atom. The lowest BCUT2D eigenvalue weighted by Gasteiger charge is -2.41.